The molecular weight excluding hydrogens is 478 g/mol. The summed E-state index contributed by atoms with van der Waals surface area (Å²) in [5.74, 6) is -0.699. The number of carbonyl (C=O) groups is 1. The molecule has 0 aliphatic rings. The highest BCUT2D eigenvalue weighted by atomic mass is 35.5. The van der Waals surface area contributed by atoms with Crippen molar-refractivity contribution < 1.29 is 13.2 Å². The first-order chi connectivity index (χ1) is 16.2. The number of pyridine rings is 1. The molecule has 4 rings (SSSR count). The van der Waals surface area contributed by atoms with Crippen molar-refractivity contribution in [3.63, 3.8) is 0 Å². The number of aryl methyl sites for hydroxylation is 1. The summed E-state index contributed by atoms with van der Waals surface area (Å²) in [4.78, 5) is 32.6. The predicted octanol–water partition coefficient (Wildman–Crippen LogP) is 2.94. The highest BCUT2D eigenvalue weighted by molar-refractivity contribution is 7.91. The van der Waals surface area contributed by atoms with Crippen LogP contribution in [-0.2, 0) is 33.7 Å². The number of anilines is 1. The van der Waals surface area contributed by atoms with E-state index in [1.54, 1.807) is 43.6 Å². The van der Waals surface area contributed by atoms with E-state index in [1.807, 2.05) is 18.2 Å². The summed E-state index contributed by atoms with van der Waals surface area (Å²) in [5.41, 5.74) is 2.88. The summed E-state index contributed by atoms with van der Waals surface area (Å²) in [6, 6.07) is 15.0. The Balaban J connectivity index is 1.44. The van der Waals surface area contributed by atoms with E-state index in [9.17, 15) is 18.0 Å². The summed E-state index contributed by atoms with van der Waals surface area (Å²) in [5, 5.41) is 3.28. The molecule has 0 bridgehead atoms. The molecule has 0 unspecified atom stereocenters. The van der Waals surface area contributed by atoms with Crippen molar-refractivity contribution in [1.29, 1.82) is 0 Å². The number of halogens is 1. The number of hydrogen-bond acceptors (Lipinski definition) is 5. The molecule has 176 valence electrons. The maximum Gasteiger partial charge on any atom is 0.275 e. The molecule has 2 heterocycles. The molecular formula is C23H22ClN5O4S. The van der Waals surface area contributed by atoms with Gasteiger partial charge in [0.1, 0.15) is 12.2 Å². The smallest absolute Gasteiger partial charge is 0.275 e. The van der Waals surface area contributed by atoms with Crippen LogP contribution in [-0.4, -0.2) is 28.9 Å². The van der Waals surface area contributed by atoms with Gasteiger partial charge in [0.15, 0.2) is 0 Å². The van der Waals surface area contributed by atoms with E-state index in [1.165, 1.54) is 10.6 Å². The monoisotopic (exact) mass is 499 g/mol. The van der Waals surface area contributed by atoms with E-state index in [2.05, 4.69) is 20.0 Å². The second kappa shape index (κ2) is 9.70. The van der Waals surface area contributed by atoms with Gasteiger partial charge in [-0.3, -0.25) is 14.3 Å². The molecule has 0 fully saturated rings. The van der Waals surface area contributed by atoms with Crippen molar-refractivity contribution in [2.45, 2.75) is 25.8 Å². The van der Waals surface area contributed by atoms with Gasteiger partial charge in [-0.2, -0.15) is 0 Å². The third kappa shape index (κ3) is 5.64. The normalized spacial score (nSPS) is 11.5. The van der Waals surface area contributed by atoms with Gasteiger partial charge < -0.3 is 14.9 Å². The lowest BCUT2D eigenvalue weighted by Crippen LogP contribution is -2.34. The van der Waals surface area contributed by atoms with Crippen LogP contribution in [0.2, 0.25) is 5.02 Å². The minimum Gasteiger partial charge on any atom is -0.350 e. The number of H-pyrrole nitrogens is 1. The lowest BCUT2D eigenvalue weighted by Gasteiger charge is -2.14. The molecule has 4 aromatic rings. The van der Waals surface area contributed by atoms with E-state index < -0.39 is 15.6 Å². The van der Waals surface area contributed by atoms with Crippen LogP contribution in [0.4, 0.5) is 5.69 Å². The second-order valence-corrected chi connectivity index (χ2v) is 9.96. The predicted molar refractivity (Wildman–Crippen MR) is 131 cm³/mol. The van der Waals surface area contributed by atoms with Crippen LogP contribution in [0.5, 0.6) is 0 Å². The van der Waals surface area contributed by atoms with Crippen LogP contribution in [0.15, 0.2) is 65.7 Å². The SMILES string of the molecule is Cc1ccc(NS(=O)(=O)Cc2ccc(Cl)cc2)c(=O)n1CC(=O)NCc1ccc2nc[nH]c2c1. The number of carbonyl (C=O) groups excluding carboxylic acids is 1. The zero-order valence-corrected chi connectivity index (χ0v) is 19.8. The summed E-state index contributed by atoms with van der Waals surface area (Å²) in [6.07, 6.45) is 1.60. The largest absolute Gasteiger partial charge is 0.350 e. The molecule has 0 aliphatic carbocycles. The lowest BCUT2D eigenvalue weighted by molar-refractivity contribution is -0.121. The maximum absolute atomic E-state index is 12.9. The van der Waals surface area contributed by atoms with Gasteiger partial charge in [0.2, 0.25) is 15.9 Å². The fourth-order valence-corrected chi connectivity index (χ4v) is 4.76. The highest BCUT2D eigenvalue weighted by Gasteiger charge is 2.17. The third-order valence-corrected chi connectivity index (χ3v) is 6.70. The number of nitrogens with zero attached hydrogens (tertiary/aromatic N) is 2. The van der Waals surface area contributed by atoms with Crippen molar-refractivity contribution in [3.05, 3.63) is 93.1 Å². The molecule has 2 aromatic carbocycles. The van der Waals surface area contributed by atoms with Gasteiger partial charge in [0.05, 0.1) is 23.1 Å². The van der Waals surface area contributed by atoms with E-state index >= 15 is 0 Å². The fourth-order valence-electron chi connectivity index (χ4n) is 3.44. The first kappa shape index (κ1) is 23.5. The van der Waals surface area contributed by atoms with E-state index in [0.29, 0.717) is 16.3 Å². The minimum atomic E-state index is -3.86. The number of hydrogen-bond donors (Lipinski definition) is 3. The van der Waals surface area contributed by atoms with Crippen molar-refractivity contribution >= 4 is 44.3 Å². The lowest BCUT2D eigenvalue weighted by atomic mass is 10.2. The summed E-state index contributed by atoms with van der Waals surface area (Å²) < 4.78 is 28.7. The summed E-state index contributed by atoms with van der Waals surface area (Å²) in [7, 11) is -3.86. The molecule has 0 spiro atoms. The molecule has 0 saturated carbocycles. The van der Waals surface area contributed by atoms with Gasteiger partial charge in [-0.15, -0.1) is 0 Å². The molecule has 0 saturated heterocycles. The number of benzene rings is 2. The highest BCUT2D eigenvalue weighted by Crippen LogP contribution is 2.14. The molecule has 0 radical (unpaired) electrons. The second-order valence-electron chi connectivity index (χ2n) is 7.80. The van der Waals surface area contributed by atoms with Crippen LogP contribution >= 0.6 is 11.6 Å². The number of aromatic nitrogens is 3. The van der Waals surface area contributed by atoms with Gasteiger partial charge >= 0.3 is 0 Å². The number of nitrogens with one attached hydrogen (secondary N) is 3. The fraction of sp³-hybridized carbons (Fsp3) is 0.174. The zero-order chi connectivity index (χ0) is 24.3. The molecule has 1 amide bonds. The van der Waals surface area contributed by atoms with Crippen LogP contribution in [0, 0.1) is 6.92 Å². The number of imidazole rings is 1. The van der Waals surface area contributed by atoms with Gasteiger partial charge in [-0.1, -0.05) is 29.8 Å². The average molecular weight is 500 g/mol. The van der Waals surface area contributed by atoms with Crippen LogP contribution < -0.4 is 15.6 Å². The van der Waals surface area contributed by atoms with Crippen molar-refractivity contribution in [1.82, 2.24) is 19.9 Å². The van der Waals surface area contributed by atoms with Gasteiger partial charge in [-0.25, -0.2) is 13.4 Å². The van der Waals surface area contributed by atoms with Crippen molar-refractivity contribution in [2.75, 3.05) is 4.72 Å². The maximum atomic E-state index is 12.9. The quantitative estimate of drug-likeness (QED) is 0.343. The molecule has 9 nitrogen and oxygen atoms in total. The topological polar surface area (TPSA) is 126 Å². The van der Waals surface area contributed by atoms with Crippen molar-refractivity contribution in [3.8, 4) is 0 Å². The van der Waals surface area contributed by atoms with Crippen LogP contribution in [0.1, 0.15) is 16.8 Å². The van der Waals surface area contributed by atoms with Crippen LogP contribution in [0.25, 0.3) is 11.0 Å². The molecule has 2 aromatic heterocycles. The zero-order valence-electron chi connectivity index (χ0n) is 18.2. The Morgan fingerprint density at radius 2 is 1.82 bits per heavy atom. The first-order valence-electron chi connectivity index (χ1n) is 10.3. The Morgan fingerprint density at radius 3 is 2.59 bits per heavy atom. The van der Waals surface area contributed by atoms with Gasteiger partial charge in [0.25, 0.3) is 5.56 Å². The Morgan fingerprint density at radius 1 is 1.09 bits per heavy atom. The molecule has 11 heteroatoms. The Labute approximate surface area is 200 Å². The number of rotatable bonds is 8. The number of fused-ring (bicyclic) bond motifs is 1. The third-order valence-electron chi connectivity index (χ3n) is 5.20. The number of sulfonamides is 1. The standard InChI is InChI=1S/C23H22ClN5O4S/c1-15-2-8-20(28-34(32,33)13-16-3-6-18(24)7-4-16)23(31)29(15)12-22(30)25-11-17-5-9-19-21(10-17)27-14-26-19/h2-10,14,28H,11-13H2,1H3,(H,25,30)(H,26,27). The van der Waals surface area contributed by atoms with Crippen molar-refractivity contribution in [2.24, 2.45) is 0 Å². The Bertz CT molecular complexity index is 1510. The first-order valence-corrected chi connectivity index (χ1v) is 12.4. The number of aromatic amines is 1. The van der Waals surface area contributed by atoms with Crippen LogP contribution in [0.3, 0.4) is 0 Å². The average Bonchev–Trinajstić information content (AvgIpc) is 3.26. The molecule has 0 atom stereocenters. The Kier molecular flexibility index (Phi) is 6.71. The molecule has 3 N–H and O–H groups in total. The number of amides is 1. The van der Waals surface area contributed by atoms with E-state index in [0.717, 1.165) is 16.6 Å². The molecule has 0 aliphatic heterocycles. The van der Waals surface area contributed by atoms with Gasteiger partial charge in [-0.05, 0) is 54.4 Å². The molecule has 34 heavy (non-hydrogen) atoms. The van der Waals surface area contributed by atoms with E-state index in [-0.39, 0.29) is 30.4 Å². The van der Waals surface area contributed by atoms with Gasteiger partial charge in [0, 0.05) is 17.3 Å². The van der Waals surface area contributed by atoms with E-state index in [4.69, 9.17) is 11.6 Å². The Hall–Kier alpha value is -3.63. The minimum absolute atomic E-state index is 0.128. The summed E-state index contributed by atoms with van der Waals surface area (Å²) in [6.45, 7) is 1.70. The summed E-state index contributed by atoms with van der Waals surface area (Å²) >= 11 is 5.84.